The van der Waals surface area contributed by atoms with E-state index in [2.05, 4.69) is 4.98 Å². The standard InChI is InChI=1S/C18H24N2O8/c1-8(22)11(9(2)23)5-10-6-20(17(25)19-15(10)24)16-14-13(12(7-21)26-16)27-18(3,4)28-14/h6,11-14,16,21H,5,7H2,1-4H3,(H,19,24,25)/t12-,13?,14+,16-/m1/s1. The molecule has 0 aromatic carbocycles. The molecule has 0 saturated carbocycles. The molecule has 0 spiro atoms. The van der Waals surface area contributed by atoms with E-state index in [4.69, 9.17) is 14.2 Å². The highest BCUT2D eigenvalue weighted by Gasteiger charge is 2.55. The normalized spacial score (nSPS) is 28.5. The summed E-state index contributed by atoms with van der Waals surface area (Å²) in [7, 11) is 0. The lowest BCUT2D eigenvalue weighted by molar-refractivity contribution is -0.200. The second-order valence-corrected chi connectivity index (χ2v) is 7.61. The van der Waals surface area contributed by atoms with E-state index >= 15 is 0 Å². The molecule has 2 N–H and O–H groups in total. The maximum Gasteiger partial charge on any atom is 0.330 e. The van der Waals surface area contributed by atoms with Crippen LogP contribution >= 0.6 is 0 Å². The van der Waals surface area contributed by atoms with Crippen molar-refractivity contribution in [1.29, 1.82) is 0 Å². The molecule has 2 aliphatic heterocycles. The van der Waals surface area contributed by atoms with Crippen LogP contribution in [0.4, 0.5) is 0 Å². The summed E-state index contributed by atoms with van der Waals surface area (Å²) < 4.78 is 18.5. The number of carbonyl (C=O) groups is 2. The number of Topliss-reactive ketones (excluding diaryl/α,β-unsaturated/α-hetero) is 2. The van der Waals surface area contributed by atoms with Gasteiger partial charge >= 0.3 is 5.69 Å². The van der Waals surface area contributed by atoms with Crippen LogP contribution in [0.25, 0.3) is 0 Å². The highest BCUT2D eigenvalue weighted by Crippen LogP contribution is 2.42. The van der Waals surface area contributed by atoms with Crippen LogP contribution in [0, 0.1) is 5.92 Å². The number of hydrogen-bond acceptors (Lipinski definition) is 8. The first-order valence-electron chi connectivity index (χ1n) is 9.01. The average Bonchev–Trinajstić information content (AvgIpc) is 3.06. The zero-order valence-corrected chi connectivity index (χ0v) is 16.1. The smallest absolute Gasteiger partial charge is 0.330 e. The first-order chi connectivity index (χ1) is 13.0. The van der Waals surface area contributed by atoms with Crippen molar-refractivity contribution in [2.45, 2.75) is 64.4 Å². The third kappa shape index (κ3) is 3.72. The molecule has 0 aliphatic carbocycles. The van der Waals surface area contributed by atoms with Crippen LogP contribution in [0.1, 0.15) is 39.5 Å². The van der Waals surface area contributed by atoms with E-state index in [1.807, 2.05) is 0 Å². The number of aliphatic hydroxyl groups is 1. The molecule has 4 atom stereocenters. The van der Waals surface area contributed by atoms with Gasteiger partial charge in [0.1, 0.15) is 29.9 Å². The lowest BCUT2D eigenvalue weighted by Crippen LogP contribution is -2.39. The zero-order valence-electron chi connectivity index (χ0n) is 16.1. The van der Waals surface area contributed by atoms with Gasteiger partial charge in [-0.25, -0.2) is 4.79 Å². The number of H-pyrrole nitrogens is 1. The average molecular weight is 396 g/mol. The maximum absolute atomic E-state index is 12.4. The van der Waals surface area contributed by atoms with Crippen molar-refractivity contribution in [2.75, 3.05) is 6.61 Å². The summed E-state index contributed by atoms with van der Waals surface area (Å²) in [6, 6.07) is 0. The van der Waals surface area contributed by atoms with Crippen LogP contribution in [-0.2, 0) is 30.2 Å². The molecule has 28 heavy (non-hydrogen) atoms. The Balaban J connectivity index is 1.98. The molecule has 2 saturated heterocycles. The van der Waals surface area contributed by atoms with Crippen LogP contribution in [0.3, 0.4) is 0 Å². The third-order valence-corrected chi connectivity index (χ3v) is 5.03. The van der Waals surface area contributed by atoms with Crippen LogP contribution in [-0.4, -0.2) is 56.9 Å². The second kappa shape index (κ2) is 7.36. The third-order valence-electron chi connectivity index (χ3n) is 5.03. The SMILES string of the molecule is CC(=O)C(Cc1cn([C@@H]2O[C@H](CO)C3OC(C)(C)O[C@@H]32)c(=O)[nH]c1=O)C(C)=O. The number of aliphatic hydroxyl groups excluding tert-OH is 1. The van der Waals surface area contributed by atoms with Gasteiger partial charge in [-0.3, -0.25) is 23.9 Å². The Bertz CT molecular complexity index is 888. The van der Waals surface area contributed by atoms with Gasteiger partial charge in [0.15, 0.2) is 12.0 Å². The molecule has 0 radical (unpaired) electrons. The van der Waals surface area contributed by atoms with Crippen molar-refractivity contribution in [3.05, 3.63) is 32.6 Å². The van der Waals surface area contributed by atoms with Crippen molar-refractivity contribution in [3.63, 3.8) is 0 Å². The summed E-state index contributed by atoms with van der Waals surface area (Å²) in [4.78, 5) is 50.3. The van der Waals surface area contributed by atoms with Gasteiger partial charge in [0.25, 0.3) is 5.56 Å². The van der Waals surface area contributed by atoms with E-state index < -0.39 is 47.5 Å². The number of carbonyl (C=O) groups excluding carboxylic acids is 2. The Kier molecular flexibility index (Phi) is 5.41. The van der Waals surface area contributed by atoms with Gasteiger partial charge in [-0.15, -0.1) is 0 Å². The van der Waals surface area contributed by atoms with Crippen molar-refractivity contribution < 1.29 is 28.9 Å². The number of nitrogens with zero attached hydrogens (tertiary/aromatic N) is 1. The van der Waals surface area contributed by atoms with Crippen molar-refractivity contribution >= 4 is 11.6 Å². The first-order valence-corrected chi connectivity index (χ1v) is 9.01. The highest BCUT2D eigenvalue weighted by molar-refractivity contribution is 6.00. The molecule has 3 rings (SSSR count). The van der Waals surface area contributed by atoms with Gasteiger partial charge in [-0.05, 0) is 34.1 Å². The van der Waals surface area contributed by atoms with Crippen LogP contribution in [0.15, 0.2) is 15.8 Å². The number of aromatic amines is 1. The van der Waals surface area contributed by atoms with E-state index in [-0.39, 0.29) is 30.2 Å². The number of nitrogens with one attached hydrogen (secondary N) is 1. The number of hydrogen-bond donors (Lipinski definition) is 2. The maximum atomic E-state index is 12.4. The number of ether oxygens (including phenoxy) is 3. The van der Waals surface area contributed by atoms with Gasteiger partial charge in [0, 0.05) is 11.8 Å². The fourth-order valence-corrected chi connectivity index (χ4v) is 3.69. The van der Waals surface area contributed by atoms with Gasteiger partial charge in [-0.2, -0.15) is 0 Å². The minimum Gasteiger partial charge on any atom is -0.394 e. The van der Waals surface area contributed by atoms with Crippen LogP contribution in [0.2, 0.25) is 0 Å². The summed E-state index contributed by atoms with van der Waals surface area (Å²) in [5.41, 5.74) is -1.31. The molecular weight excluding hydrogens is 372 g/mol. The molecule has 0 bridgehead atoms. The molecular formula is C18H24N2O8. The van der Waals surface area contributed by atoms with Gasteiger partial charge in [0.05, 0.1) is 12.5 Å². The topological polar surface area (TPSA) is 137 Å². The lowest BCUT2D eigenvalue weighted by atomic mass is 9.94. The number of aromatic nitrogens is 2. The molecule has 10 nitrogen and oxygen atoms in total. The number of fused-ring (bicyclic) bond motifs is 1. The molecule has 1 aromatic rings. The Morgan fingerprint density at radius 2 is 1.82 bits per heavy atom. The molecule has 10 heteroatoms. The predicted molar refractivity (Wildman–Crippen MR) is 94.7 cm³/mol. The molecule has 2 fully saturated rings. The number of rotatable bonds is 6. The summed E-state index contributed by atoms with van der Waals surface area (Å²) >= 11 is 0. The van der Waals surface area contributed by atoms with E-state index in [1.54, 1.807) is 13.8 Å². The molecule has 3 heterocycles. The molecule has 1 unspecified atom stereocenters. The van der Waals surface area contributed by atoms with Gasteiger partial charge in [-0.1, -0.05) is 0 Å². The highest BCUT2D eigenvalue weighted by atomic mass is 16.8. The van der Waals surface area contributed by atoms with Crippen LogP contribution < -0.4 is 11.2 Å². The van der Waals surface area contributed by atoms with Crippen molar-refractivity contribution in [3.8, 4) is 0 Å². The quantitative estimate of drug-likeness (QED) is 0.601. The molecule has 0 amide bonds. The zero-order chi connectivity index (χ0) is 20.8. The summed E-state index contributed by atoms with van der Waals surface area (Å²) in [5, 5.41) is 9.58. The Morgan fingerprint density at radius 1 is 1.21 bits per heavy atom. The first kappa shape index (κ1) is 20.6. The fourth-order valence-electron chi connectivity index (χ4n) is 3.69. The van der Waals surface area contributed by atoms with E-state index in [0.29, 0.717) is 0 Å². The van der Waals surface area contributed by atoms with Crippen molar-refractivity contribution in [2.24, 2.45) is 5.92 Å². The second-order valence-electron chi connectivity index (χ2n) is 7.61. The van der Waals surface area contributed by atoms with Crippen LogP contribution in [0.5, 0.6) is 0 Å². The van der Waals surface area contributed by atoms with E-state index in [9.17, 15) is 24.3 Å². The summed E-state index contributed by atoms with van der Waals surface area (Å²) in [6.45, 7) is 5.64. The monoisotopic (exact) mass is 396 g/mol. The molecule has 2 aliphatic rings. The lowest BCUT2D eigenvalue weighted by Gasteiger charge is -2.24. The summed E-state index contributed by atoms with van der Waals surface area (Å²) in [6.07, 6.45) is -1.78. The number of ketones is 2. The summed E-state index contributed by atoms with van der Waals surface area (Å²) in [5.74, 6) is -2.62. The van der Waals surface area contributed by atoms with Crippen molar-refractivity contribution in [1.82, 2.24) is 9.55 Å². The predicted octanol–water partition coefficient (Wildman–Crippen LogP) is -0.717. The Hall–Kier alpha value is -2.14. The van der Waals surface area contributed by atoms with E-state index in [0.717, 1.165) is 4.57 Å². The minimum absolute atomic E-state index is 0.0979. The largest absolute Gasteiger partial charge is 0.394 e. The molecule has 1 aromatic heterocycles. The van der Waals surface area contributed by atoms with Gasteiger partial charge in [0.2, 0.25) is 0 Å². The van der Waals surface area contributed by atoms with Gasteiger partial charge < -0.3 is 19.3 Å². The minimum atomic E-state index is -0.973. The Morgan fingerprint density at radius 3 is 2.39 bits per heavy atom. The molecule has 154 valence electrons. The fraction of sp³-hybridized carbons (Fsp3) is 0.667. The Labute approximate surface area is 160 Å². The van der Waals surface area contributed by atoms with E-state index in [1.165, 1.54) is 20.0 Å².